The molecule has 5 nitrogen and oxygen atoms in total. The number of pyridine rings is 1. The van der Waals surface area contributed by atoms with Gasteiger partial charge in [-0.2, -0.15) is 0 Å². The topological polar surface area (TPSA) is 48.7 Å². The van der Waals surface area contributed by atoms with Crippen molar-refractivity contribution in [2.45, 2.75) is 38.8 Å². The van der Waals surface area contributed by atoms with E-state index in [1.807, 2.05) is 10.6 Å². The molecular weight excluding hydrogens is 290 g/mol. The van der Waals surface area contributed by atoms with Crippen LogP contribution in [0.1, 0.15) is 31.9 Å². The Morgan fingerprint density at radius 1 is 1.26 bits per heavy atom. The largest absolute Gasteiger partial charge is 0.390 e. The van der Waals surface area contributed by atoms with Gasteiger partial charge in [0.15, 0.2) is 0 Å². The maximum absolute atomic E-state index is 12.0. The molecule has 3 atom stereocenters. The molecule has 5 heteroatoms. The zero-order valence-corrected chi connectivity index (χ0v) is 14.3. The van der Waals surface area contributed by atoms with Gasteiger partial charge in [0.2, 0.25) is 0 Å². The van der Waals surface area contributed by atoms with Crippen molar-refractivity contribution in [1.82, 2.24) is 14.4 Å². The number of aliphatic hydroxyl groups excluding tert-OH is 1. The van der Waals surface area contributed by atoms with Crippen molar-refractivity contribution < 1.29 is 5.11 Å². The van der Waals surface area contributed by atoms with Crippen LogP contribution < -0.4 is 5.56 Å². The van der Waals surface area contributed by atoms with Gasteiger partial charge in [0, 0.05) is 50.4 Å². The molecule has 1 aromatic rings. The Morgan fingerprint density at radius 3 is 2.78 bits per heavy atom. The summed E-state index contributed by atoms with van der Waals surface area (Å²) >= 11 is 0. The fourth-order valence-corrected chi connectivity index (χ4v) is 4.28. The Bertz CT molecular complexity index is 582. The van der Waals surface area contributed by atoms with Crippen LogP contribution in [0.5, 0.6) is 0 Å². The minimum atomic E-state index is -0.299. The van der Waals surface area contributed by atoms with E-state index in [9.17, 15) is 9.90 Å². The van der Waals surface area contributed by atoms with Crippen molar-refractivity contribution in [2.75, 3.05) is 39.3 Å². The standard InChI is InChI=1S/C18H29N3O2/c1-3-19(4-2)12-16(22)13-20-9-14-8-15(11-20)17-6-5-7-18(23)21(17)10-14/h5-7,14-16,22H,3-4,8-13H2,1-2H3/t14-,15+,16?/m1/s1. The number of hydrogen-bond donors (Lipinski definition) is 1. The van der Waals surface area contributed by atoms with Crippen LogP contribution in [-0.2, 0) is 6.54 Å². The molecule has 1 fully saturated rings. The number of piperidine rings is 1. The van der Waals surface area contributed by atoms with Crippen molar-refractivity contribution in [1.29, 1.82) is 0 Å². The molecule has 0 amide bonds. The van der Waals surface area contributed by atoms with Crippen LogP contribution in [0.25, 0.3) is 0 Å². The average molecular weight is 319 g/mol. The second-order valence-corrected chi connectivity index (χ2v) is 7.06. The summed E-state index contributed by atoms with van der Waals surface area (Å²) in [6.45, 7) is 10.5. The fourth-order valence-electron chi connectivity index (χ4n) is 4.28. The molecule has 0 saturated carbocycles. The first kappa shape index (κ1) is 16.7. The number of fused-ring (bicyclic) bond motifs is 4. The molecule has 1 saturated heterocycles. The van der Waals surface area contributed by atoms with E-state index >= 15 is 0 Å². The highest BCUT2D eigenvalue weighted by Crippen LogP contribution is 2.34. The molecule has 0 aliphatic carbocycles. The number of aliphatic hydroxyl groups is 1. The predicted octanol–water partition coefficient (Wildman–Crippen LogP) is 0.970. The molecule has 2 bridgehead atoms. The number of aromatic nitrogens is 1. The SMILES string of the molecule is CCN(CC)CC(O)CN1C[C@H]2C[C@@H](C1)c1cccc(=O)n1C2. The quantitative estimate of drug-likeness (QED) is 0.849. The summed E-state index contributed by atoms with van der Waals surface area (Å²) in [5, 5.41) is 10.4. The number of rotatable bonds is 6. The van der Waals surface area contributed by atoms with E-state index < -0.39 is 0 Å². The second kappa shape index (κ2) is 7.16. The molecule has 0 radical (unpaired) electrons. The minimum absolute atomic E-state index is 0.132. The number of β-amino-alcohol motifs (C(OH)–C–C–N with tert-alkyl or cyclic N) is 1. The number of likely N-dealkylation sites (N-methyl/N-ethyl adjacent to an activating group) is 1. The second-order valence-electron chi connectivity index (χ2n) is 7.06. The summed E-state index contributed by atoms with van der Waals surface area (Å²) in [7, 11) is 0. The van der Waals surface area contributed by atoms with E-state index in [-0.39, 0.29) is 11.7 Å². The fraction of sp³-hybridized carbons (Fsp3) is 0.722. The minimum Gasteiger partial charge on any atom is -0.390 e. The molecule has 3 rings (SSSR count). The van der Waals surface area contributed by atoms with Crippen molar-refractivity contribution in [3.05, 3.63) is 34.2 Å². The molecular formula is C18H29N3O2. The van der Waals surface area contributed by atoms with Gasteiger partial charge in [-0.25, -0.2) is 0 Å². The first-order valence-electron chi connectivity index (χ1n) is 8.93. The lowest BCUT2D eigenvalue weighted by atomic mass is 9.83. The third kappa shape index (κ3) is 3.67. The summed E-state index contributed by atoms with van der Waals surface area (Å²) in [6, 6.07) is 5.64. The highest BCUT2D eigenvalue weighted by Gasteiger charge is 2.34. The molecule has 0 aromatic carbocycles. The van der Waals surface area contributed by atoms with Gasteiger partial charge in [-0.05, 0) is 31.5 Å². The third-order valence-electron chi connectivity index (χ3n) is 5.39. The molecule has 3 heterocycles. The van der Waals surface area contributed by atoms with Gasteiger partial charge in [0.1, 0.15) is 0 Å². The zero-order valence-electron chi connectivity index (χ0n) is 14.3. The van der Waals surface area contributed by atoms with Crippen LogP contribution in [0, 0.1) is 5.92 Å². The van der Waals surface area contributed by atoms with E-state index in [1.165, 1.54) is 12.1 Å². The number of hydrogen-bond acceptors (Lipinski definition) is 4. The first-order chi connectivity index (χ1) is 11.1. The van der Waals surface area contributed by atoms with E-state index in [0.717, 1.165) is 45.8 Å². The van der Waals surface area contributed by atoms with Gasteiger partial charge in [0.05, 0.1) is 6.10 Å². The molecule has 1 aromatic heterocycles. The maximum atomic E-state index is 12.0. The Morgan fingerprint density at radius 2 is 2.04 bits per heavy atom. The molecule has 2 aliphatic heterocycles. The summed E-state index contributed by atoms with van der Waals surface area (Å²) in [6.07, 6.45) is 0.873. The van der Waals surface area contributed by atoms with Crippen molar-refractivity contribution in [3.8, 4) is 0 Å². The molecule has 1 N–H and O–H groups in total. The highest BCUT2D eigenvalue weighted by molar-refractivity contribution is 5.16. The van der Waals surface area contributed by atoms with E-state index in [2.05, 4.69) is 29.7 Å². The van der Waals surface area contributed by atoms with Crippen LogP contribution in [0.2, 0.25) is 0 Å². The van der Waals surface area contributed by atoms with Gasteiger partial charge >= 0.3 is 0 Å². The smallest absolute Gasteiger partial charge is 0.250 e. The van der Waals surface area contributed by atoms with E-state index in [1.54, 1.807) is 6.07 Å². The number of likely N-dealkylation sites (tertiary alicyclic amines) is 1. The van der Waals surface area contributed by atoms with Crippen LogP contribution >= 0.6 is 0 Å². The first-order valence-corrected chi connectivity index (χ1v) is 8.93. The Kier molecular flexibility index (Phi) is 5.19. The van der Waals surface area contributed by atoms with Gasteiger partial charge in [0.25, 0.3) is 5.56 Å². The molecule has 0 spiro atoms. The summed E-state index contributed by atoms with van der Waals surface area (Å²) in [5.74, 6) is 0.957. The van der Waals surface area contributed by atoms with Gasteiger partial charge in [-0.15, -0.1) is 0 Å². The summed E-state index contributed by atoms with van der Waals surface area (Å²) < 4.78 is 1.96. The average Bonchev–Trinajstić information content (AvgIpc) is 2.53. The summed E-state index contributed by atoms with van der Waals surface area (Å²) in [5.41, 5.74) is 1.31. The normalized spacial score (nSPS) is 25.4. The highest BCUT2D eigenvalue weighted by atomic mass is 16.3. The van der Waals surface area contributed by atoms with Crippen LogP contribution in [0.4, 0.5) is 0 Å². The van der Waals surface area contributed by atoms with E-state index in [4.69, 9.17) is 0 Å². The predicted molar refractivity (Wildman–Crippen MR) is 91.8 cm³/mol. The van der Waals surface area contributed by atoms with Crippen LogP contribution in [0.15, 0.2) is 23.0 Å². The van der Waals surface area contributed by atoms with Crippen molar-refractivity contribution in [3.63, 3.8) is 0 Å². The monoisotopic (exact) mass is 319 g/mol. The lowest BCUT2D eigenvalue weighted by Crippen LogP contribution is -2.50. The molecule has 128 valence electrons. The summed E-state index contributed by atoms with van der Waals surface area (Å²) in [4.78, 5) is 16.7. The lowest BCUT2D eigenvalue weighted by Gasteiger charge is -2.43. The maximum Gasteiger partial charge on any atom is 0.250 e. The lowest BCUT2D eigenvalue weighted by molar-refractivity contribution is 0.0444. The van der Waals surface area contributed by atoms with E-state index in [0.29, 0.717) is 11.8 Å². The Labute approximate surface area is 138 Å². The van der Waals surface area contributed by atoms with Crippen LogP contribution in [-0.4, -0.2) is 64.8 Å². The van der Waals surface area contributed by atoms with Gasteiger partial charge in [-0.3, -0.25) is 9.69 Å². The third-order valence-corrected chi connectivity index (χ3v) is 5.39. The van der Waals surface area contributed by atoms with Gasteiger partial charge < -0.3 is 14.6 Å². The molecule has 23 heavy (non-hydrogen) atoms. The van der Waals surface area contributed by atoms with Gasteiger partial charge in [-0.1, -0.05) is 19.9 Å². The van der Waals surface area contributed by atoms with Crippen LogP contribution in [0.3, 0.4) is 0 Å². The molecule has 1 unspecified atom stereocenters. The van der Waals surface area contributed by atoms with Crippen molar-refractivity contribution >= 4 is 0 Å². The number of nitrogens with zero attached hydrogens (tertiary/aromatic N) is 3. The molecule has 2 aliphatic rings. The Hall–Kier alpha value is -1.17. The van der Waals surface area contributed by atoms with Crippen molar-refractivity contribution in [2.24, 2.45) is 5.92 Å². The Balaban J connectivity index is 1.65. The zero-order chi connectivity index (χ0) is 16.4.